The van der Waals surface area contributed by atoms with Crippen LogP contribution >= 0.6 is 0 Å². The fraction of sp³-hybridized carbons (Fsp3) is 0.812. The molecule has 1 aliphatic carbocycles. The third-order valence-corrected chi connectivity index (χ3v) is 4.94. The predicted molar refractivity (Wildman–Crippen MR) is 83.3 cm³/mol. The zero-order valence-corrected chi connectivity index (χ0v) is 12.9. The van der Waals surface area contributed by atoms with Crippen LogP contribution in [-0.2, 0) is 0 Å². The van der Waals surface area contributed by atoms with Gasteiger partial charge in [-0.05, 0) is 52.1 Å². The zero-order chi connectivity index (χ0) is 13.9. The van der Waals surface area contributed by atoms with E-state index in [1.165, 1.54) is 50.2 Å². The van der Waals surface area contributed by atoms with E-state index in [4.69, 9.17) is 4.98 Å². The number of piperidine rings is 1. The summed E-state index contributed by atoms with van der Waals surface area (Å²) >= 11 is 0. The summed E-state index contributed by atoms with van der Waals surface area (Å²) < 4.78 is 2.47. The highest BCUT2D eigenvalue weighted by Gasteiger charge is 2.26. The lowest BCUT2D eigenvalue weighted by Gasteiger charge is -2.33. The van der Waals surface area contributed by atoms with Crippen molar-refractivity contribution in [3.05, 3.63) is 11.9 Å². The standard InChI is InChI=1S/C16H28N4/c1-13-12-20(15-5-3-4-6-15)16(18-13)19-9-7-14(8-10-19)11-17-2/h12,14-15,17H,3-11H2,1-2H3. The van der Waals surface area contributed by atoms with E-state index < -0.39 is 0 Å². The number of hydrogen-bond acceptors (Lipinski definition) is 3. The molecule has 4 nitrogen and oxygen atoms in total. The SMILES string of the molecule is CNCC1CCN(c2nc(C)cn2C2CCCC2)CC1. The summed E-state index contributed by atoms with van der Waals surface area (Å²) in [7, 11) is 2.06. The van der Waals surface area contributed by atoms with E-state index in [2.05, 4.69) is 35.0 Å². The zero-order valence-electron chi connectivity index (χ0n) is 12.9. The van der Waals surface area contributed by atoms with Gasteiger partial charge in [0.25, 0.3) is 0 Å². The van der Waals surface area contributed by atoms with Crippen LogP contribution in [0, 0.1) is 12.8 Å². The smallest absolute Gasteiger partial charge is 0.205 e. The van der Waals surface area contributed by atoms with Crippen molar-refractivity contribution in [2.45, 2.75) is 51.5 Å². The van der Waals surface area contributed by atoms with E-state index in [9.17, 15) is 0 Å². The summed E-state index contributed by atoms with van der Waals surface area (Å²) in [4.78, 5) is 7.33. The molecule has 2 fully saturated rings. The molecule has 1 aromatic heterocycles. The Morgan fingerprint density at radius 1 is 1.20 bits per heavy atom. The van der Waals surface area contributed by atoms with Gasteiger partial charge < -0.3 is 14.8 Å². The first kappa shape index (κ1) is 13.9. The maximum Gasteiger partial charge on any atom is 0.205 e. The van der Waals surface area contributed by atoms with Crippen LogP contribution in [0.15, 0.2) is 6.20 Å². The fourth-order valence-corrected chi connectivity index (χ4v) is 3.81. The molecule has 20 heavy (non-hydrogen) atoms. The quantitative estimate of drug-likeness (QED) is 0.918. The molecule has 1 saturated heterocycles. The lowest BCUT2D eigenvalue weighted by Crippen LogP contribution is -2.38. The second kappa shape index (κ2) is 6.17. The van der Waals surface area contributed by atoms with Crippen LogP contribution in [0.2, 0.25) is 0 Å². The Bertz CT molecular complexity index is 426. The van der Waals surface area contributed by atoms with Gasteiger partial charge in [-0.2, -0.15) is 0 Å². The van der Waals surface area contributed by atoms with Crippen molar-refractivity contribution >= 4 is 5.95 Å². The Morgan fingerprint density at radius 3 is 2.55 bits per heavy atom. The number of anilines is 1. The summed E-state index contributed by atoms with van der Waals surface area (Å²) in [5.41, 5.74) is 1.17. The number of nitrogens with zero attached hydrogens (tertiary/aromatic N) is 3. The Morgan fingerprint density at radius 2 is 1.90 bits per heavy atom. The van der Waals surface area contributed by atoms with E-state index >= 15 is 0 Å². The van der Waals surface area contributed by atoms with Gasteiger partial charge in [-0.3, -0.25) is 0 Å². The number of imidazole rings is 1. The summed E-state index contributed by atoms with van der Waals surface area (Å²) in [6, 6.07) is 0.696. The van der Waals surface area contributed by atoms with Gasteiger partial charge >= 0.3 is 0 Å². The van der Waals surface area contributed by atoms with Crippen LogP contribution in [0.1, 0.15) is 50.3 Å². The van der Waals surface area contributed by atoms with Crippen molar-refractivity contribution in [3.8, 4) is 0 Å². The van der Waals surface area contributed by atoms with E-state index in [-0.39, 0.29) is 0 Å². The highest BCUT2D eigenvalue weighted by Crippen LogP contribution is 2.34. The highest BCUT2D eigenvalue weighted by atomic mass is 15.3. The fourth-order valence-electron chi connectivity index (χ4n) is 3.81. The molecule has 4 heteroatoms. The van der Waals surface area contributed by atoms with Crippen molar-refractivity contribution < 1.29 is 0 Å². The first-order valence-electron chi connectivity index (χ1n) is 8.23. The molecular weight excluding hydrogens is 248 g/mol. The molecule has 1 aliphatic heterocycles. The second-order valence-corrected chi connectivity index (χ2v) is 6.52. The minimum atomic E-state index is 0.696. The Labute approximate surface area is 122 Å². The van der Waals surface area contributed by atoms with Gasteiger partial charge in [0.1, 0.15) is 0 Å². The molecule has 2 aliphatic rings. The third-order valence-electron chi connectivity index (χ3n) is 4.94. The number of aromatic nitrogens is 2. The number of rotatable bonds is 4. The maximum absolute atomic E-state index is 4.82. The maximum atomic E-state index is 4.82. The second-order valence-electron chi connectivity index (χ2n) is 6.52. The van der Waals surface area contributed by atoms with Crippen LogP contribution in [0.5, 0.6) is 0 Å². The minimum absolute atomic E-state index is 0.696. The van der Waals surface area contributed by atoms with Crippen LogP contribution in [0.4, 0.5) is 5.95 Å². The molecule has 0 radical (unpaired) electrons. The number of hydrogen-bond donors (Lipinski definition) is 1. The van der Waals surface area contributed by atoms with Gasteiger partial charge in [-0.25, -0.2) is 4.98 Å². The van der Waals surface area contributed by atoms with Crippen molar-refractivity contribution in [1.29, 1.82) is 0 Å². The first-order chi connectivity index (χ1) is 9.78. The lowest BCUT2D eigenvalue weighted by molar-refractivity contribution is 0.385. The van der Waals surface area contributed by atoms with Gasteiger partial charge in [-0.1, -0.05) is 12.8 Å². The molecule has 112 valence electrons. The molecule has 3 rings (SSSR count). The first-order valence-corrected chi connectivity index (χ1v) is 8.23. The van der Waals surface area contributed by atoms with Crippen molar-refractivity contribution in [2.24, 2.45) is 5.92 Å². The Balaban J connectivity index is 1.71. The van der Waals surface area contributed by atoms with Crippen molar-refractivity contribution in [3.63, 3.8) is 0 Å². The van der Waals surface area contributed by atoms with Crippen molar-refractivity contribution in [1.82, 2.24) is 14.9 Å². The van der Waals surface area contributed by atoms with E-state index in [1.807, 2.05) is 0 Å². The Hall–Kier alpha value is -1.03. The van der Waals surface area contributed by atoms with E-state index in [0.717, 1.165) is 25.6 Å². The molecule has 1 aromatic rings. The highest BCUT2D eigenvalue weighted by molar-refractivity contribution is 5.35. The van der Waals surface area contributed by atoms with Crippen LogP contribution < -0.4 is 10.2 Å². The summed E-state index contributed by atoms with van der Waals surface area (Å²) in [5, 5.41) is 3.31. The van der Waals surface area contributed by atoms with Crippen LogP contribution in [0.25, 0.3) is 0 Å². The predicted octanol–water partition coefficient (Wildman–Crippen LogP) is 2.74. The molecule has 1 N–H and O–H groups in total. The average molecular weight is 276 g/mol. The third kappa shape index (κ3) is 2.85. The van der Waals surface area contributed by atoms with Gasteiger partial charge in [0.15, 0.2) is 0 Å². The molecule has 0 atom stereocenters. The molecule has 0 bridgehead atoms. The molecule has 0 unspecified atom stereocenters. The van der Waals surface area contributed by atoms with Gasteiger partial charge in [0, 0.05) is 25.3 Å². The van der Waals surface area contributed by atoms with Gasteiger partial charge in [0.2, 0.25) is 5.95 Å². The van der Waals surface area contributed by atoms with Crippen LogP contribution in [0.3, 0.4) is 0 Å². The molecule has 0 amide bonds. The Kier molecular flexibility index (Phi) is 4.29. The lowest BCUT2D eigenvalue weighted by atomic mass is 9.97. The monoisotopic (exact) mass is 276 g/mol. The van der Waals surface area contributed by atoms with E-state index in [0.29, 0.717) is 6.04 Å². The van der Waals surface area contributed by atoms with Gasteiger partial charge in [0.05, 0.1) is 5.69 Å². The largest absolute Gasteiger partial charge is 0.342 e. The molecule has 2 heterocycles. The summed E-state index contributed by atoms with van der Waals surface area (Å²) in [6.45, 7) is 5.61. The number of aryl methyl sites for hydroxylation is 1. The normalized spacial score (nSPS) is 21.8. The molecular formula is C16H28N4. The van der Waals surface area contributed by atoms with E-state index in [1.54, 1.807) is 0 Å². The van der Waals surface area contributed by atoms with Gasteiger partial charge in [-0.15, -0.1) is 0 Å². The molecule has 0 aromatic carbocycles. The minimum Gasteiger partial charge on any atom is -0.342 e. The van der Waals surface area contributed by atoms with Crippen molar-refractivity contribution in [2.75, 3.05) is 31.6 Å². The molecule has 0 spiro atoms. The average Bonchev–Trinajstić information content (AvgIpc) is 3.09. The van der Waals surface area contributed by atoms with Crippen LogP contribution in [-0.4, -0.2) is 36.2 Å². The summed E-state index contributed by atoms with van der Waals surface area (Å²) in [5.74, 6) is 2.07. The number of nitrogens with one attached hydrogen (secondary N) is 1. The molecule has 1 saturated carbocycles. The topological polar surface area (TPSA) is 33.1 Å². The summed E-state index contributed by atoms with van der Waals surface area (Å²) in [6.07, 6.45) is 10.3.